The van der Waals surface area contributed by atoms with Crippen LogP contribution >= 0.6 is 0 Å². The Bertz CT molecular complexity index is 560. The maximum Gasteiger partial charge on any atom is 0.311 e. The van der Waals surface area contributed by atoms with Gasteiger partial charge in [-0.3, -0.25) is 9.59 Å². The van der Waals surface area contributed by atoms with Gasteiger partial charge in [0, 0.05) is 13.1 Å². The van der Waals surface area contributed by atoms with Gasteiger partial charge < -0.3 is 14.7 Å². The first-order valence-corrected chi connectivity index (χ1v) is 9.75. The molecule has 0 radical (unpaired) electrons. The van der Waals surface area contributed by atoms with Gasteiger partial charge in [-0.05, 0) is 26.2 Å². The van der Waals surface area contributed by atoms with E-state index in [0.29, 0.717) is 13.0 Å². The van der Waals surface area contributed by atoms with Crippen LogP contribution in [0.25, 0.3) is 0 Å². The van der Waals surface area contributed by atoms with Gasteiger partial charge in [0.25, 0.3) is 0 Å². The number of aliphatic carboxylic acids is 1. The summed E-state index contributed by atoms with van der Waals surface area (Å²) in [5.74, 6) is -1.66. The van der Waals surface area contributed by atoms with E-state index in [1.165, 1.54) is 4.90 Å². The maximum absolute atomic E-state index is 12.2. The normalized spacial score (nSPS) is 21.7. The van der Waals surface area contributed by atoms with Crippen LogP contribution in [0.3, 0.4) is 0 Å². The molecule has 1 aliphatic rings. The zero-order valence-electron chi connectivity index (χ0n) is 14.7. The van der Waals surface area contributed by atoms with Crippen molar-refractivity contribution in [1.82, 2.24) is 9.62 Å². The summed E-state index contributed by atoms with van der Waals surface area (Å²) in [6.07, 6.45) is 0.312. The highest BCUT2D eigenvalue weighted by Crippen LogP contribution is 2.38. The lowest BCUT2D eigenvalue weighted by molar-refractivity contribution is -0.151. The van der Waals surface area contributed by atoms with Crippen LogP contribution in [0.1, 0.15) is 34.1 Å². The van der Waals surface area contributed by atoms with Crippen molar-refractivity contribution in [3.63, 3.8) is 0 Å². The third kappa shape index (κ3) is 5.42. The summed E-state index contributed by atoms with van der Waals surface area (Å²) in [6.45, 7) is 7.37. The Morgan fingerprint density at radius 2 is 1.92 bits per heavy atom. The lowest BCUT2D eigenvalue weighted by atomic mass is 9.76. The van der Waals surface area contributed by atoms with Crippen molar-refractivity contribution in [3.8, 4) is 0 Å². The van der Waals surface area contributed by atoms with Crippen molar-refractivity contribution >= 4 is 21.9 Å². The van der Waals surface area contributed by atoms with E-state index in [4.69, 9.17) is 4.74 Å². The smallest absolute Gasteiger partial charge is 0.311 e. The highest BCUT2D eigenvalue weighted by atomic mass is 32.2. The van der Waals surface area contributed by atoms with Crippen molar-refractivity contribution in [3.05, 3.63) is 0 Å². The zero-order chi connectivity index (χ0) is 18.5. The summed E-state index contributed by atoms with van der Waals surface area (Å²) >= 11 is 0. The van der Waals surface area contributed by atoms with E-state index in [1.807, 2.05) is 13.8 Å². The average Bonchev–Trinajstić information content (AvgIpc) is 2.91. The zero-order valence-corrected chi connectivity index (χ0v) is 15.6. The van der Waals surface area contributed by atoms with Crippen LogP contribution in [0.2, 0.25) is 0 Å². The van der Waals surface area contributed by atoms with E-state index in [1.54, 1.807) is 13.8 Å². The molecule has 0 bridgehead atoms. The quantitative estimate of drug-likeness (QED) is 0.608. The molecule has 0 aromatic carbocycles. The third-order valence-electron chi connectivity index (χ3n) is 4.43. The van der Waals surface area contributed by atoms with Gasteiger partial charge in [-0.1, -0.05) is 13.8 Å². The Hall–Kier alpha value is -1.19. The summed E-state index contributed by atoms with van der Waals surface area (Å²) in [5, 5.41) is 9.47. The molecule has 24 heavy (non-hydrogen) atoms. The largest absolute Gasteiger partial charge is 0.481 e. The van der Waals surface area contributed by atoms with E-state index in [0.717, 1.165) is 0 Å². The number of nitrogens with zero attached hydrogens (tertiary/aromatic N) is 1. The minimum atomic E-state index is -3.60. The van der Waals surface area contributed by atoms with Crippen LogP contribution in [0, 0.1) is 11.3 Å². The number of hydrogen-bond donors (Lipinski definition) is 2. The van der Waals surface area contributed by atoms with Gasteiger partial charge in [0.1, 0.15) is 0 Å². The number of carboxylic acids is 1. The second-order valence-corrected chi connectivity index (χ2v) is 8.67. The second-order valence-electron chi connectivity index (χ2n) is 6.74. The Kier molecular flexibility index (Phi) is 7.18. The number of hydrogen-bond acceptors (Lipinski definition) is 5. The van der Waals surface area contributed by atoms with Gasteiger partial charge in [0.05, 0.1) is 30.4 Å². The van der Waals surface area contributed by atoms with Crippen LogP contribution in [0.5, 0.6) is 0 Å². The van der Waals surface area contributed by atoms with Crippen LogP contribution in [-0.4, -0.2) is 68.4 Å². The molecule has 1 rings (SSSR count). The fraction of sp³-hybridized carbons (Fsp3) is 0.867. The van der Waals surface area contributed by atoms with Crippen LogP contribution in [0.15, 0.2) is 0 Å². The van der Waals surface area contributed by atoms with E-state index >= 15 is 0 Å². The molecule has 0 saturated carbocycles. The van der Waals surface area contributed by atoms with Crippen molar-refractivity contribution in [2.75, 3.05) is 32.0 Å². The molecular formula is C15H28N2O6S. The number of carbonyl (C=O) groups is 2. The van der Waals surface area contributed by atoms with Gasteiger partial charge in [-0.15, -0.1) is 0 Å². The number of rotatable bonds is 9. The first-order chi connectivity index (χ1) is 11.0. The summed E-state index contributed by atoms with van der Waals surface area (Å²) in [4.78, 5) is 25.2. The monoisotopic (exact) mass is 364 g/mol. The summed E-state index contributed by atoms with van der Waals surface area (Å²) in [7, 11) is -3.60. The lowest BCUT2D eigenvalue weighted by Gasteiger charge is -2.28. The predicted octanol–water partition coefficient (Wildman–Crippen LogP) is 0.290. The first-order valence-electron chi connectivity index (χ1n) is 8.10. The van der Waals surface area contributed by atoms with E-state index in [-0.39, 0.29) is 37.5 Å². The lowest BCUT2D eigenvalue weighted by Crippen LogP contribution is -2.44. The van der Waals surface area contributed by atoms with Gasteiger partial charge in [0.2, 0.25) is 15.9 Å². The molecule has 1 amide bonds. The topological polar surface area (TPSA) is 113 Å². The molecule has 0 aromatic heterocycles. The van der Waals surface area contributed by atoms with Crippen LogP contribution in [-0.2, 0) is 24.3 Å². The van der Waals surface area contributed by atoms with Gasteiger partial charge in [-0.25, -0.2) is 13.1 Å². The van der Waals surface area contributed by atoms with Crippen molar-refractivity contribution < 1.29 is 27.9 Å². The Morgan fingerprint density at radius 1 is 1.29 bits per heavy atom. The Balaban J connectivity index is 2.53. The molecular weight excluding hydrogens is 336 g/mol. The molecule has 0 aromatic rings. The van der Waals surface area contributed by atoms with Crippen molar-refractivity contribution in [1.29, 1.82) is 0 Å². The standard InChI is InChI=1S/C15H28N2O6S/c1-11(2)15(14(19)20)5-6-17(10-15)13(18)9-16-24(21,22)8-7-23-12(3)4/h11-12,16H,5-10H2,1-4H3,(H,19,20). The highest BCUT2D eigenvalue weighted by molar-refractivity contribution is 7.89. The van der Waals surface area contributed by atoms with Crippen molar-refractivity contribution in [2.24, 2.45) is 11.3 Å². The maximum atomic E-state index is 12.2. The Labute approximate surface area is 143 Å². The number of sulfonamides is 1. The minimum Gasteiger partial charge on any atom is -0.481 e. The third-order valence-corrected chi connectivity index (χ3v) is 5.72. The van der Waals surface area contributed by atoms with E-state index < -0.39 is 27.3 Å². The summed E-state index contributed by atoms with van der Waals surface area (Å²) < 4.78 is 31.1. The Morgan fingerprint density at radius 3 is 2.38 bits per heavy atom. The second kappa shape index (κ2) is 8.26. The predicted molar refractivity (Wildman–Crippen MR) is 89.0 cm³/mol. The average molecular weight is 364 g/mol. The van der Waals surface area contributed by atoms with Crippen LogP contribution < -0.4 is 4.72 Å². The molecule has 2 N–H and O–H groups in total. The molecule has 1 saturated heterocycles. The number of likely N-dealkylation sites (tertiary alicyclic amines) is 1. The number of nitrogens with one attached hydrogen (secondary N) is 1. The van der Waals surface area contributed by atoms with Crippen LogP contribution in [0.4, 0.5) is 0 Å². The molecule has 0 spiro atoms. The molecule has 9 heteroatoms. The molecule has 1 fully saturated rings. The number of ether oxygens (including phenoxy) is 1. The highest BCUT2D eigenvalue weighted by Gasteiger charge is 2.48. The molecule has 1 atom stereocenters. The number of carbonyl (C=O) groups excluding carboxylic acids is 1. The molecule has 1 heterocycles. The molecule has 1 aliphatic heterocycles. The SMILES string of the molecule is CC(C)OCCS(=O)(=O)NCC(=O)N1CCC(C(=O)O)(C(C)C)C1. The van der Waals surface area contributed by atoms with Gasteiger partial charge >= 0.3 is 5.97 Å². The number of carboxylic acid groups (broad SMARTS) is 1. The summed E-state index contributed by atoms with van der Waals surface area (Å²) in [6, 6.07) is 0. The molecule has 140 valence electrons. The molecule has 0 aliphatic carbocycles. The van der Waals surface area contributed by atoms with E-state index in [9.17, 15) is 23.1 Å². The minimum absolute atomic E-state index is 0.0559. The van der Waals surface area contributed by atoms with E-state index in [2.05, 4.69) is 4.72 Å². The van der Waals surface area contributed by atoms with Crippen molar-refractivity contribution in [2.45, 2.75) is 40.2 Å². The molecule has 8 nitrogen and oxygen atoms in total. The first kappa shape index (κ1) is 20.9. The van der Waals surface area contributed by atoms with Gasteiger partial charge in [-0.2, -0.15) is 0 Å². The molecule has 1 unspecified atom stereocenters. The fourth-order valence-corrected chi connectivity index (χ4v) is 3.49. The number of amides is 1. The fourth-order valence-electron chi connectivity index (χ4n) is 2.69. The summed E-state index contributed by atoms with van der Waals surface area (Å²) in [5.41, 5.74) is -0.959. The van der Waals surface area contributed by atoms with Gasteiger partial charge in [0.15, 0.2) is 0 Å².